The zero-order valence-electron chi connectivity index (χ0n) is 5.39. The van der Waals surface area contributed by atoms with E-state index in [1.54, 1.807) is 0 Å². The van der Waals surface area contributed by atoms with E-state index < -0.39 is 0 Å². The van der Waals surface area contributed by atoms with Crippen LogP contribution in [0.2, 0.25) is 0 Å². The molecule has 1 heteroatoms. The molecule has 48 valence electrons. The van der Waals surface area contributed by atoms with Crippen LogP contribution in [0.5, 0.6) is 0 Å². The maximum Gasteiger partial charge on any atom is 0.136 e. The normalized spacial score (nSPS) is 49.6. The maximum absolute atomic E-state index is 11.1. The Kier molecular flexibility index (Phi) is 0.487. The number of ketones is 1. The summed E-state index contributed by atoms with van der Waals surface area (Å²) in [7, 11) is 0. The van der Waals surface area contributed by atoms with E-state index >= 15 is 0 Å². The number of carbonyl (C=O) groups is 1. The molecular formula is C8H10O. The first-order valence-corrected chi connectivity index (χ1v) is 3.87. The van der Waals surface area contributed by atoms with Gasteiger partial charge in [0, 0.05) is 12.3 Å². The molecule has 3 aliphatic rings. The lowest BCUT2D eigenvalue weighted by Gasteiger charge is -1.92. The zero-order chi connectivity index (χ0) is 6.06. The first-order chi connectivity index (χ1) is 4.34. The molecule has 0 unspecified atom stereocenters. The van der Waals surface area contributed by atoms with Gasteiger partial charge in [0.2, 0.25) is 0 Å². The smallest absolute Gasteiger partial charge is 0.136 e. The first kappa shape index (κ1) is 4.48. The summed E-state index contributed by atoms with van der Waals surface area (Å²) in [5.74, 6) is 2.01. The van der Waals surface area contributed by atoms with Gasteiger partial charge in [-0.25, -0.2) is 0 Å². The van der Waals surface area contributed by atoms with Crippen LogP contribution < -0.4 is 0 Å². The molecule has 3 saturated carbocycles. The molecule has 0 aromatic rings. The van der Waals surface area contributed by atoms with Crippen molar-refractivity contribution < 1.29 is 4.79 Å². The van der Waals surface area contributed by atoms with Crippen molar-refractivity contribution in [1.29, 1.82) is 0 Å². The van der Waals surface area contributed by atoms with Gasteiger partial charge in [0.25, 0.3) is 0 Å². The van der Waals surface area contributed by atoms with Crippen LogP contribution >= 0.6 is 0 Å². The van der Waals surface area contributed by atoms with E-state index in [1.807, 2.05) is 0 Å². The fraction of sp³-hybridized carbons (Fsp3) is 0.875. The monoisotopic (exact) mass is 122 g/mol. The number of carbonyl (C=O) groups excluding carboxylic acids is 1. The lowest BCUT2D eigenvalue weighted by Crippen LogP contribution is -1.98. The number of rotatable bonds is 0. The van der Waals surface area contributed by atoms with Crippen molar-refractivity contribution in [3.05, 3.63) is 0 Å². The Hall–Kier alpha value is -0.330. The molecule has 9 heavy (non-hydrogen) atoms. The van der Waals surface area contributed by atoms with Gasteiger partial charge < -0.3 is 0 Å². The SMILES string of the molecule is O=C1CC[C@H]2[C@@H]1C21CC1. The van der Waals surface area contributed by atoms with Crippen molar-refractivity contribution in [3.63, 3.8) is 0 Å². The van der Waals surface area contributed by atoms with Gasteiger partial charge in [-0.05, 0) is 30.6 Å². The summed E-state index contributed by atoms with van der Waals surface area (Å²) < 4.78 is 0. The zero-order valence-corrected chi connectivity index (χ0v) is 5.39. The molecule has 3 rings (SSSR count). The third-order valence-electron chi connectivity index (χ3n) is 3.53. The highest BCUT2D eigenvalue weighted by Gasteiger charge is 2.75. The lowest BCUT2D eigenvalue weighted by atomic mass is 10.1. The molecule has 0 aliphatic heterocycles. The van der Waals surface area contributed by atoms with Gasteiger partial charge in [-0.15, -0.1) is 0 Å². The molecule has 0 aromatic heterocycles. The van der Waals surface area contributed by atoms with Crippen LogP contribution in [0.1, 0.15) is 25.7 Å². The Morgan fingerprint density at radius 1 is 1.44 bits per heavy atom. The Morgan fingerprint density at radius 3 is 2.56 bits per heavy atom. The van der Waals surface area contributed by atoms with Crippen LogP contribution in [0.3, 0.4) is 0 Å². The van der Waals surface area contributed by atoms with E-state index in [-0.39, 0.29) is 0 Å². The second kappa shape index (κ2) is 0.979. The highest BCUT2D eigenvalue weighted by Crippen LogP contribution is 2.79. The quantitative estimate of drug-likeness (QED) is 0.474. The fourth-order valence-corrected chi connectivity index (χ4v) is 2.86. The second-order valence-electron chi connectivity index (χ2n) is 3.82. The van der Waals surface area contributed by atoms with E-state index in [4.69, 9.17) is 0 Å². The lowest BCUT2D eigenvalue weighted by molar-refractivity contribution is -0.119. The summed E-state index contributed by atoms with van der Waals surface area (Å²) in [6.45, 7) is 0. The highest BCUT2D eigenvalue weighted by molar-refractivity contribution is 5.89. The largest absolute Gasteiger partial charge is 0.299 e. The van der Waals surface area contributed by atoms with Crippen molar-refractivity contribution in [1.82, 2.24) is 0 Å². The summed E-state index contributed by atoms with van der Waals surface area (Å²) in [5.41, 5.74) is 0.634. The Morgan fingerprint density at radius 2 is 2.22 bits per heavy atom. The van der Waals surface area contributed by atoms with E-state index in [1.165, 1.54) is 19.3 Å². The number of Topliss-reactive ketones (excluding diaryl/α,β-unsaturated/α-hetero) is 1. The van der Waals surface area contributed by atoms with Crippen LogP contribution in [0.25, 0.3) is 0 Å². The molecular weight excluding hydrogens is 112 g/mol. The van der Waals surface area contributed by atoms with Crippen LogP contribution in [0, 0.1) is 17.3 Å². The predicted molar refractivity (Wildman–Crippen MR) is 32.9 cm³/mol. The summed E-state index contributed by atoms with van der Waals surface area (Å²) >= 11 is 0. The first-order valence-electron chi connectivity index (χ1n) is 3.87. The van der Waals surface area contributed by atoms with Gasteiger partial charge in [0.1, 0.15) is 5.78 Å². The van der Waals surface area contributed by atoms with Gasteiger partial charge in [0.15, 0.2) is 0 Å². The summed E-state index contributed by atoms with van der Waals surface area (Å²) in [6, 6.07) is 0. The third-order valence-corrected chi connectivity index (χ3v) is 3.53. The molecule has 0 aromatic carbocycles. The summed E-state index contributed by atoms with van der Waals surface area (Å²) in [4.78, 5) is 11.1. The van der Waals surface area contributed by atoms with Crippen LogP contribution in [0.4, 0.5) is 0 Å². The fourth-order valence-electron chi connectivity index (χ4n) is 2.86. The van der Waals surface area contributed by atoms with Crippen LogP contribution in [-0.2, 0) is 4.79 Å². The molecule has 1 spiro atoms. The maximum atomic E-state index is 11.1. The van der Waals surface area contributed by atoms with Gasteiger partial charge in [-0.3, -0.25) is 4.79 Å². The second-order valence-corrected chi connectivity index (χ2v) is 3.82. The number of hydrogen-bond donors (Lipinski definition) is 0. The van der Waals surface area contributed by atoms with E-state index in [2.05, 4.69) is 0 Å². The summed E-state index contributed by atoms with van der Waals surface area (Å²) in [5, 5.41) is 0. The van der Waals surface area contributed by atoms with E-state index in [0.29, 0.717) is 17.1 Å². The Balaban J connectivity index is 1.99. The van der Waals surface area contributed by atoms with Gasteiger partial charge >= 0.3 is 0 Å². The van der Waals surface area contributed by atoms with E-state index in [0.717, 1.165) is 12.3 Å². The molecule has 0 heterocycles. The van der Waals surface area contributed by atoms with Crippen molar-refractivity contribution >= 4 is 5.78 Å². The van der Waals surface area contributed by atoms with Crippen LogP contribution in [-0.4, -0.2) is 5.78 Å². The average molecular weight is 122 g/mol. The van der Waals surface area contributed by atoms with Crippen molar-refractivity contribution in [2.75, 3.05) is 0 Å². The molecule has 0 saturated heterocycles. The summed E-state index contributed by atoms with van der Waals surface area (Å²) in [6.07, 6.45) is 4.86. The number of hydrogen-bond acceptors (Lipinski definition) is 1. The molecule has 3 fully saturated rings. The molecule has 0 bridgehead atoms. The topological polar surface area (TPSA) is 17.1 Å². The number of fused-ring (bicyclic) bond motifs is 3. The minimum absolute atomic E-state index is 0.567. The van der Waals surface area contributed by atoms with Gasteiger partial charge in [0.05, 0.1) is 0 Å². The van der Waals surface area contributed by atoms with Gasteiger partial charge in [-0.1, -0.05) is 0 Å². The molecule has 0 radical (unpaired) electrons. The molecule has 1 nitrogen and oxygen atoms in total. The minimum Gasteiger partial charge on any atom is -0.299 e. The Labute approximate surface area is 54.4 Å². The van der Waals surface area contributed by atoms with Crippen molar-refractivity contribution in [2.24, 2.45) is 17.3 Å². The van der Waals surface area contributed by atoms with Gasteiger partial charge in [-0.2, -0.15) is 0 Å². The molecule has 0 N–H and O–H groups in total. The standard InChI is InChI=1S/C8H10O/c9-6-2-1-5-7(6)8(5)3-4-8/h5,7H,1-4H2/t5-,7-/m0/s1. The Bertz CT molecular complexity index is 191. The average Bonchev–Trinajstić information content (AvgIpc) is 2.69. The molecule has 2 atom stereocenters. The van der Waals surface area contributed by atoms with E-state index in [9.17, 15) is 4.79 Å². The third kappa shape index (κ3) is 0.322. The molecule has 0 amide bonds. The van der Waals surface area contributed by atoms with Crippen molar-refractivity contribution in [2.45, 2.75) is 25.7 Å². The molecule has 3 aliphatic carbocycles. The minimum atomic E-state index is 0.567. The highest BCUT2D eigenvalue weighted by atomic mass is 16.1. The van der Waals surface area contributed by atoms with Crippen LogP contribution in [0.15, 0.2) is 0 Å². The van der Waals surface area contributed by atoms with Crippen molar-refractivity contribution in [3.8, 4) is 0 Å². The predicted octanol–water partition coefficient (Wildman–Crippen LogP) is 1.38.